The SMILES string of the molecule is Cc1ccc2occ(CN3CCN(Cc4ccsc4)[C@@H](CCO)C3)c(=O)c2c1. The Hall–Kier alpha value is -1.99. The Morgan fingerprint density at radius 2 is 2.14 bits per heavy atom. The van der Waals surface area contributed by atoms with Gasteiger partial charge in [-0.25, -0.2) is 0 Å². The fourth-order valence-corrected chi connectivity index (χ4v) is 4.64. The van der Waals surface area contributed by atoms with Crippen molar-refractivity contribution in [1.29, 1.82) is 0 Å². The van der Waals surface area contributed by atoms with E-state index >= 15 is 0 Å². The molecule has 1 aliphatic heterocycles. The molecule has 1 aliphatic rings. The lowest BCUT2D eigenvalue weighted by atomic mass is 10.1. The van der Waals surface area contributed by atoms with Crippen LogP contribution in [0.15, 0.2) is 50.5 Å². The fourth-order valence-electron chi connectivity index (χ4n) is 3.98. The summed E-state index contributed by atoms with van der Waals surface area (Å²) >= 11 is 1.72. The highest BCUT2D eigenvalue weighted by molar-refractivity contribution is 7.07. The molecule has 0 radical (unpaired) electrons. The van der Waals surface area contributed by atoms with E-state index in [1.807, 2.05) is 25.1 Å². The Morgan fingerprint density at radius 3 is 2.93 bits per heavy atom. The number of aliphatic hydroxyl groups is 1. The van der Waals surface area contributed by atoms with Gasteiger partial charge in [0.15, 0.2) is 5.43 Å². The maximum absolute atomic E-state index is 12.9. The van der Waals surface area contributed by atoms with Crippen LogP contribution < -0.4 is 5.43 Å². The first-order valence-corrected chi connectivity index (χ1v) is 10.7. The molecule has 4 rings (SSSR count). The lowest BCUT2D eigenvalue weighted by molar-refractivity contribution is 0.0497. The number of aliphatic hydroxyl groups excluding tert-OH is 1. The van der Waals surface area contributed by atoms with Crippen molar-refractivity contribution in [3.05, 3.63) is 68.2 Å². The van der Waals surface area contributed by atoms with Crippen molar-refractivity contribution in [1.82, 2.24) is 9.80 Å². The van der Waals surface area contributed by atoms with Gasteiger partial charge in [0.1, 0.15) is 5.58 Å². The van der Waals surface area contributed by atoms with Crippen molar-refractivity contribution in [3.63, 3.8) is 0 Å². The lowest BCUT2D eigenvalue weighted by Crippen LogP contribution is -2.52. The summed E-state index contributed by atoms with van der Waals surface area (Å²) < 4.78 is 5.71. The summed E-state index contributed by atoms with van der Waals surface area (Å²) in [5.41, 5.74) is 3.78. The van der Waals surface area contributed by atoms with Crippen LogP contribution in [0.1, 0.15) is 23.1 Å². The lowest BCUT2D eigenvalue weighted by Gasteiger charge is -2.41. The van der Waals surface area contributed by atoms with Gasteiger partial charge in [-0.15, -0.1) is 0 Å². The molecular formula is C22H26N2O3S. The van der Waals surface area contributed by atoms with E-state index in [0.717, 1.165) is 38.2 Å². The summed E-state index contributed by atoms with van der Waals surface area (Å²) in [4.78, 5) is 17.7. The third kappa shape index (κ3) is 4.20. The first kappa shape index (κ1) is 19.3. The molecule has 2 aromatic heterocycles. The monoisotopic (exact) mass is 398 g/mol. The van der Waals surface area contributed by atoms with Crippen LogP contribution >= 0.6 is 11.3 Å². The number of thiophene rings is 1. The van der Waals surface area contributed by atoms with Crippen molar-refractivity contribution in [2.45, 2.75) is 32.5 Å². The topological polar surface area (TPSA) is 56.9 Å². The van der Waals surface area contributed by atoms with Crippen LogP contribution in [0, 0.1) is 6.92 Å². The minimum absolute atomic E-state index is 0.0596. The number of piperazine rings is 1. The average molecular weight is 399 g/mol. The van der Waals surface area contributed by atoms with Gasteiger partial charge in [-0.2, -0.15) is 11.3 Å². The van der Waals surface area contributed by atoms with Crippen LogP contribution in [0.4, 0.5) is 0 Å². The Labute approximate surface area is 168 Å². The molecule has 0 saturated carbocycles. The van der Waals surface area contributed by atoms with Crippen LogP contribution in [0.5, 0.6) is 0 Å². The van der Waals surface area contributed by atoms with Gasteiger partial charge in [0.25, 0.3) is 0 Å². The molecule has 0 bridgehead atoms. The Bertz CT molecular complexity index is 983. The van der Waals surface area contributed by atoms with Gasteiger partial charge in [0, 0.05) is 50.9 Å². The molecule has 1 aromatic carbocycles. The number of hydrogen-bond acceptors (Lipinski definition) is 6. The second kappa shape index (κ2) is 8.57. The Balaban J connectivity index is 1.49. The van der Waals surface area contributed by atoms with Gasteiger partial charge in [0.2, 0.25) is 0 Å². The van der Waals surface area contributed by atoms with Crippen molar-refractivity contribution < 1.29 is 9.52 Å². The Kier molecular flexibility index (Phi) is 5.92. The zero-order valence-corrected chi connectivity index (χ0v) is 17.0. The molecule has 1 fully saturated rings. The van der Waals surface area contributed by atoms with Gasteiger partial charge >= 0.3 is 0 Å². The highest BCUT2D eigenvalue weighted by atomic mass is 32.1. The molecule has 3 heterocycles. The smallest absolute Gasteiger partial charge is 0.197 e. The second-order valence-corrected chi connectivity index (χ2v) is 8.37. The summed E-state index contributed by atoms with van der Waals surface area (Å²) in [5, 5.41) is 14.5. The minimum Gasteiger partial charge on any atom is -0.464 e. The van der Waals surface area contributed by atoms with E-state index in [0.29, 0.717) is 23.1 Å². The highest BCUT2D eigenvalue weighted by Crippen LogP contribution is 2.20. The van der Waals surface area contributed by atoms with Crippen LogP contribution in [0.25, 0.3) is 11.0 Å². The standard InChI is InChI=1S/C22H26N2O3S/c1-16-2-3-21-20(10-16)22(26)18(14-27-21)12-23-6-7-24(19(13-23)4-8-25)11-17-5-9-28-15-17/h2-3,5,9-10,14-15,19,25H,4,6-8,11-13H2,1H3/t19-/m0/s1. The van der Waals surface area contributed by atoms with Crippen LogP contribution in [0.2, 0.25) is 0 Å². The molecule has 0 spiro atoms. The predicted molar refractivity (Wildman–Crippen MR) is 113 cm³/mol. The molecular weight excluding hydrogens is 372 g/mol. The van der Waals surface area contributed by atoms with Crippen LogP contribution in [-0.2, 0) is 13.1 Å². The highest BCUT2D eigenvalue weighted by Gasteiger charge is 2.27. The van der Waals surface area contributed by atoms with E-state index < -0.39 is 0 Å². The molecule has 5 nitrogen and oxygen atoms in total. The van der Waals surface area contributed by atoms with E-state index in [1.54, 1.807) is 17.6 Å². The van der Waals surface area contributed by atoms with Gasteiger partial charge in [-0.3, -0.25) is 14.6 Å². The maximum Gasteiger partial charge on any atom is 0.197 e. The molecule has 0 aliphatic carbocycles. The number of benzene rings is 1. The molecule has 148 valence electrons. The van der Waals surface area contributed by atoms with E-state index in [9.17, 15) is 9.90 Å². The normalized spacial score (nSPS) is 18.7. The van der Waals surface area contributed by atoms with Gasteiger partial charge in [0.05, 0.1) is 11.6 Å². The van der Waals surface area contributed by atoms with Crippen molar-refractivity contribution >= 4 is 22.3 Å². The molecule has 28 heavy (non-hydrogen) atoms. The first-order chi connectivity index (χ1) is 13.6. The van der Waals surface area contributed by atoms with E-state index in [-0.39, 0.29) is 18.1 Å². The zero-order valence-electron chi connectivity index (χ0n) is 16.1. The third-order valence-electron chi connectivity index (χ3n) is 5.51. The van der Waals surface area contributed by atoms with Crippen molar-refractivity contribution in [2.75, 3.05) is 26.2 Å². The number of hydrogen-bond donors (Lipinski definition) is 1. The fraction of sp³-hybridized carbons (Fsp3) is 0.409. The summed E-state index contributed by atoms with van der Waals surface area (Å²) in [6.45, 7) is 6.33. The quantitative estimate of drug-likeness (QED) is 0.691. The predicted octanol–water partition coefficient (Wildman–Crippen LogP) is 3.23. The van der Waals surface area contributed by atoms with E-state index in [1.165, 1.54) is 5.56 Å². The molecule has 1 atom stereocenters. The van der Waals surface area contributed by atoms with Gasteiger partial charge < -0.3 is 9.52 Å². The van der Waals surface area contributed by atoms with Gasteiger partial charge in [-0.1, -0.05) is 11.6 Å². The molecule has 0 amide bonds. The molecule has 3 aromatic rings. The molecule has 1 N–H and O–H groups in total. The summed E-state index contributed by atoms with van der Waals surface area (Å²) in [7, 11) is 0. The first-order valence-electron chi connectivity index (χ1n) is 9.73. The third-order valence-corrected chi connectivity index (χ3v) is 6.24. The number of aryl methyl sites for hydroxylation is 1. The van der Waals surface area contributed by atoms with Crippen LogP contribution in [-0.4, -0.2) is 47.2 Å². The van der Waals surface area contributed by atoms with Gasteiger partial charge in [-0.05, 0) is 47.9 Å². The van der Waals surface area contributed by atoms with Crippen LogP contribution in [0.3, 0.4) is 0 Å². The number of rotatable bonds is 6. The molecule has 6 heteroatoms. The summed E-state index contributed by atoms with van der Waals surface area (Å²) in [6.07, 6.45) is 2.35. The minimum atomic E-state index is 0.0596. The summed E-state index contributed by atoms with van der Waals surface area (Å²) in [5.74, 6) is 0. The number of fused-ring (bicyclic) bond motifs is 1. The second-order valence-electron chi connectivity index (χ2n) is 7.59. The van der Waals surface area contributed by atoms with E-state index in [2.05, 4.69) is 26.6 Å². The largest absolute Gasteiger partial charge is 0.464 e. The molecule has 0 unspecified atom stereocenters. The average Bonchev–Trinajstić information content (AvgIpc) is 3.20. The van der Waals surface area contributed by atoms with Crippen molar-refractivity contribution in [3.8, 4) is 0 Å². The zero-order chi connectivity index (χ0) is 19.5. The summed E-state index contributed by atoms with van der Waals surface area (Å²) in [6, 6.07) is 8.16. The maximum atomic E-state index is 12.9. The van der Waals surface area contributed by atoms with E-state index in [4.69, 9.17) is 4.42 Å². The Morgan fingerprint density at radius 1 is 1.25 bits per heavy atom. The van der Waals surface area contributed by atoms with Crippen molar-refractivity contribution in [2.24, 2.45) is 0 Å². The number of nitrogens with zero attached hydrogens (tertiary/aromatic N) is 2. The molecule has 1 saturated heterocycles.